The summed E-state index contributed by atoms with van der Waals surface area (Å²) in [5.74, 6) is -2.20. The van der Waals surface area contributed by atoms with E-state index < -0.39 is 41.4 Å². The Balaban J connectivity index is 1.61. The number of aliphatic imine (C=N–C) groups is 1. The van der Waals surface area contributed by atoms with Crippen molar-refractivity contribution in [2.45, 2.75) is 52.4 Å². The number of benzene rings is 2. The fourth-order valence-corrected chi connectivity index (χ4v) is 4.34. The summed E-state index contributed by atoms with van der Waals surface area (Å²) in [5, 5.41) is 15.5. The molecule has 0 bridgehead atoms. The van der Waals surface area contributed by atoms with Gasteiger partial charge in [0, 0.05) is 23.6 Å². The second-order valence-corrected chi connectivity index (χ2v) is 11.2. The minimum absolute atomic E-state index is 0.0783. The van der Waals surface area contributed by atoms with Crippen molar-refractivity contribution in [1.29, 1.82) is 0 Å². The average molecular weight is 570 g/mol. The van der Waals surface area contributed by atoms with Gasteiger partial charge in [0.25, 0.3) is 5.91 Å². The van der Waals surface area contributed by atoms with Crippen molar-refractivity contribution in [2.75, 3.05) is 11.4 Å². The number of amides is 3. The summed E-state index contributed by atoms with van der Waals surface area (Å²) in [4.78, 5) is 63.3. The van der Waals surface area contributed by atoms with Crippen molar-refractivity contribution < 1.29 is 24.3 Å². The lowest BCUT2D eigenvalue weighted by Crippen LogP contribution is -2.54. The van der Waals surface area contributed by atoms with Crippen LogP contribution in [0.1, 0.15) is 44.5 Å². The molecule has 1 aliphatic rings. The van der Waals surface area contributed by atoms with E-state index in [1.807, 2.05) is 6.07 Å². The molecule has 1 aliphatic heterocycles. The first-order chi connectivity index (χ1) is 20.0. The standard InChI is InChI=1S/C32H35N5O5/c1-20(34-30(41)25(38)18-21-12-6-5-7-13-21)29(40)36-28-31(42)37(19-26(39)32(2,3)4)24-16-9-8-14-22(24)27(35-28)23-15-10-11-17-33-23/h5-17,20,25,28,38H,18-19H2,1-4H3,(H,34,41)(H,36,40)/t20-,25?,28?/m0/s1. The van der Waals surface area contributed by atoms with Gasteiger partial charge in [0.15, 0.2) is 5.78 Å². The van der Waals surface area contributed by atoms with Crippen molar-refractivity contribution in [3.05, 3.63) is 95.8 Å². The lowest BCUT2D eigenvalue weighted by molar-refractivity contribution is -0.134. The van der Waals surface area contributed by atoms with Crippen LogP contribution in [0.4, 0.5) is 5.69 Å². The molecule has 0 aliphatic carbocycles. The van der Waals surface area contributed by atoms with Crippen LogP contribution in [0.15, 0.2) is 84.0 Å². The molecule has 4 rings (SSSR count). The first-order valence-corrected chi connectivity index (χ1v) is 13.7. The number of pyridine rings is 1. The zero-order valence-electron chi connectivity index (χ0n) is 24.1. The summed E-state index contributed by atoms with van der Waals surface area (Å²) in [6.45, 7) is 6.54. The summed E-state index contributed by atoms with van der Waals surface area (Å²) in [7, 11) is 0. The number of anilines is 1. The molecule has 3 amide bonds. The van der Waals surface area contributed by atoms with Gasteiger partial charge < -0.3 is 20.6 Å². The molecule has 42 heavy (non-hydrogen) atoms. The van der Waals surface area contributed by atoms with E-state index in [1.165, 1.54) is 11.8 Å². The van der Waals surface area contributed by atoms with E-state index in [9.17, 15) is 24.3 Å². The van der Waals surface area contributed by atoms with Crippen LogP contribution in [0.3, 0.4) is 0 Å². The number of benzodiazepines with no additional fused rings is 1. The molecule has 0 saturated heterocycles. The quantitative estimate of drug-likeness (QED) is 0.362. The maximum Gasteiger partial charge on any atom is 0.272 e. The van der Waals surface area contributed by atoms with Gasteiger partial charge in [0.05, 0.1) is 23.6 Å². The number of nitrogens with zero attached hydrogens (tertiary/aromatic N) is 3. The number of para-hydroxylation sites is 1. The van der Waals surface area contributed by atoms with Crippen LogP contribution in [0, 0.1) is 5.41 Å². The number of fused-ring (bicyclic) bond motifs is 1. The third-order valence-electron chi connectivity index (χ3n) is 6.86. The molecule has 3 N–H and O–H groups in total. The van der Waals surface area contributed by atoms with Gasteiger partial charge in [-0.1, -0.05) is 75.4 Å². The number of hydrogen-bond donors (Lipinski definition) is 3. The number of hydrogen-bond acceptors (Lipinski definition) is 7. The third kappa shape index (κ3) is 7.13. The number of aliphatic hydroxyl groups excluding tert-OH is 1. The molecule has 0 spiro atoms. The molecule has 218 valence electrons. The number of Topliss-reactive ketones (excluding diaryl/α,β-unsaturated/α-hetero) is 1. The molecule has 0 radical (unpaired) electrons. The summed E-state index contributed by atoms with van der Waals surface area (Å²) in [6, 6.07) is 20.3. The Morgan fingerprint density at radius 3 is 2.29 bits per heavy atom. The third-order valence-corrected chi connectivity index (χ3v) is 6.86. The summed E-state index contributed by atoms with van der Waals surface area (Å²) in [5.41, 5.74) is 1.93. The average Bonchev–Trinajstić information content (AvgIpc) is 3.08. The largest absolute Gasteiger partial charge is 0.383 e. The smallest absolute Gasteiger partial charge is 0.272 e. The zero-order valence-corrected chi connectivity index (χ0v) is 24.1. The molecule has 2 aromatic carbocycles. The summed E-state index contributed by atoms with van der Waals surface area (Å²) < 4.78 is 0. The van der Waals surface area contributed by atoms with Crippen LogP contribution < -0.4 is 15.5 Å². The molecule has 1 aromatic heterocycles. The maximum atomic E-state index is 13.9. The monoisotopic (exact) mass is 569 g/mol. The van der Waals surface area contributed by atoms with E-state index in [4.69, 9.17) is 0 Å². The normalized spacial score (nSPS) is 16.4. The molecule has 10 nitrogen and oxygen atoms in total. The van der Waals surface area contributed by atoms with Crippen LogP contribution in [0.25, 0.3) is 0 Å². The van der Waals surface area contributed by atoms with Gasteiger partial charge in [0.1, 0.15) is 12.1 Å². The molecule has 2 unspecified atom stereocenters. The highest BCUT2D eigenvalue weighted by Gasteiger charge is 2.37. The van der Waals surface area contributed by atoms with Crippen LogP contribution >= 0.6 is 0 Å². The highest BCUT2D eigenvalue weighted by Crippen LogP contribution is 2.29. The minimum Gasteiger partial charge on any atom is -0.383 e. The van der Waals surface area contributed by atoms with Crippen LogP contribution in [-0.2, 0) is 25.6 Å². The Morgan fingerprint density at radius 1 is 0.952 bits per heavy atom. The summed E-state index contributed by atoms with van der Waals surface area (Å²) in [6.07, 6.45) is -1.11. The van der Waals surface area contributed by atoms with Gasteiger partial charge >= 0.3 is 0 Å². The predicted molar refractivity (Wildman–Crippen MR) is 159 cm³/mol. The van der Waals surface area contributed by atoms with E-state index in [-0.39, 0.29) is 18.7 Å². The van der Waals surface area contributed by atoms with E-state index in [0.29, 0.717) is 22.7 Å². The lowest BCUT2D eigenvalue weighted by atomic mass is 9.90. The first-order valence-electron chi connectivity index (χ1n) is 13.7. The fraction of sp³-hybridized carbons (Fsp3) is 0.312. The van der Waals surface area contributed by atoms with Gasteiger partial charge in [-0.3, -0.25) is 24.2 Å². The van der Waals surface area contributed by atoms with Crippen LogP contribution in [0.5, 0.6) is 0 Å². The molecule has 0 fully saturated rings. The van der Waals surface area contributed by atoms with Crippen LogP contribution in [-0.4, -0.2) is 64.2 Å². The minimum atomic E-state index is -1.41. The Bertz CT molecular complexity index is 1480. The highest BCUT2D eigenvalue weighted by molar-refractivity contribution is 6.20. The number of rotatable bonds is 9. The molecule has 3 atom stereocenters. The second kappa shape index (κ2) is 12.9. The number of aromatic nitrogens is 1. The van der Waals surface area contributed by atoms with E-state index in [0.717, 1.165) is 5.56 Å². The predicted octanol–water partition coefficient (Wildman–Crippen LogP) is 2.43. The summed E-state index contributed by atoms with van der Waals surface area (Å²) >= 11 is 0. The topological polar surface area (TPSA) is 141 Å². The highest BCUT2D eigenvalue weighted by atomic mass is 16.3. The SMILES string of the molecule is C[C@H](NC(=O)C(O)Cc1ccccc1)C(=O)NC1N=C(c2ccccn2)c2ccccc2N(CC(=O)C(C)(C)C)C1=O. The Labute approximate surface area is 244 Å². The van der Waals surface area contributed by atoms with E-state index in [2.05, 4.69) is 20.6 Å². The molecular formula is C32H35N5O5. The van der Waals surface area contributed by atoms with Crippen molar-refractivity contribution in [3.8, 4) is 0 Å². The molecule has 2 heterocycles. The van der Waals surface area contributed by atoms with E-state index in [1.54, 1.807) is 93.7 Å². The van der Waals surface area contributed by atoms with Crippen molar-refractivity contribution >= 4 is 34.9 Å². The van der Waals surface area contributed by atoms with Gasteiger partial charge in [-0.05, 0) is 30.7 Å². The fourth-order valence-electron chi connectivity index (χ4n) is 4.34. The maximum absolute atomic E-state index is 13.9. The zero-order chi connectivity index (χ0) is 30.4. The Hall–Kier alpha value is -4.70. The van der Waals surface area contributed by atoms with Crippen molar-refractivity contribution in [2.24, 2.45) is 10.4 Å². The van der Waals surface area contributed by atoms with E-state index >= 15 is 0 Å². The number of carbonyl (C=O) groups is 4. The molecular weight excluding hydrogens is 534 g/mol. The van der Waals surface area contributed by atoms with Gasteiger partial charge in [-0.2, -0.15) is 0 Å². The lowest BCUT2D eigenvalue weighted by Gasteiger charge is -2.28. The van der Waals surface area contributed by atoms with Crippen LogP contribution in [0.2, 0.25) is 0 Å². The molecule has 3 aromatic rings. The van der Waals surface area contributed by atoms with Gasteiger partial charge in [0.2, 0.25) is 18.0 Å². The first kappa shape index (κ1) is 30.3. The number of aliphatic hydroxyl groups is 1. The van der Waals surface area contributed by atoms with Crippen molar-refractivity contribution in [1.82, 2.24) is 15.6 Å². The van der Waals surface area contributed by atoms with Gasteiger partial charge in [-0.15, -0.1) is 0 Å². The number of carbonyl (C=O) groups excluding carboxylic acids is 4. The molecule has 0 saturated carbocycles. The number of nitrogens with one attached hydrogen (secondary N) is 2. The number of ketones is 1. The Kier molecular flexibility index (Phi) is 9.27. The van der Waals surface area contributed by atoms with Gasteiger partial charge in [-0.25, -0.2) is 4.99 Å². The van der Waals surface area contributed by atoms with Crippen molar-refractivity contribution in [3.63, 3.8) is 0 Å². The Morgan fingerprint density at radius 2 is 1.62 bits per heavy atom. The second-order valence-electron chi connectivity index (χ2n) is 11.2. The molecule has 10 heteroatoms.